The van der Waals surface area contributed by atoms with E-state index in [9.17, 15) is 13.2 Å². The van der Waals surface area contributed by atoms with Crippen LogP contribution in [0.4, 0.5) is 5.69 Å². The van der Waals surface area contributed by atoms with Crippen LogP contribution in [-0.4, -0.2) is 21.5 Å². The number of esters is 1. The molecule has 0 aliphatic heterocycles. The van der Waals surface area contributed by atoms with Gasteiger partial charge in [0, 0.05) is 4.47 Å². The van der Waals surface area contributed by atoms with Crippen LogP contribution < -0.4 is 4.72 Å². The summed E-state index contributed by atoms with van der Waals surface area (Å²) in [7, 11) is -2.25. The SMILES string of the molecule is COC(=O)c1ccc(CS(=O)(=O)Nc2ccccc2Br)cc1. The summed E-state index contributed by atoms with van der Waals surface area (Å²) in [5.74, 6) is -0.642. The van der Waals surface area contributed by atoms with Crippen LogP contribution in [0.1, 0.15) is 15.9 Å². The van der Waals surface area contributed by atoms with Crippen molar-refractivity contribution in [1.29, 1.82) is 0 Å². The van der Waals surface area contributed by atoms with E-state index in [1.807, 2.05) is 0 Å². The van der Waals surface area contributed by atoms with Gasteiger partial charge in [-0.05, 0) is 45.8 Å². The van der Waals surface area contributed by atoms with Crippen molar-refractivity contribution in [1.82, 2.24) is 0 Å². The predicted molar refractivity (Wildman–Crippen MR) is 88.2 cm³/mol. The van der Waals surface area contributed by atoms with E-state index in [4.69, 9.17) is 0 Å². The second-order valence-electron chi connectivity index (χ2n) is 4.53. The van der Waals surface area contributed by atoms with E-state index < -0.39 is 16.0 Å². The third-order valence-corrected chi connectivity index (χ3v) is 4.81. The lowest BCUT2D eigenvalue weighted by molar-refractivity contribution is 0.0600. The molecule has 7 heteroatoms. The predicted octanol–water partition coefficient (Wildman–Crippen LogP) is 3.18. The van der Waals surface area contributed by atoms with E-state index in [2.05, 4.69) is 25.4 Å². The lowest BCUT2D eigenvalue weighted by Gasteiger charge is -2.10. The van der Waals surface area contributed by atoms with E-state index in [-0.39, 0.29) is 5.75 Å². The molecule has 2 rings (SSSR count). The number of carbonyl (C=O) groups is 1. The zero-order valence-corrected chi connectivity index (χ0v) is 14.1. The van der Waals surface area contributed by atoms with Gasteiger partial charge in [0.1, 0.15) is 0 Å². The van der Waals surface area contributed by atoms with Gasteiger partial charge in [0.25, 0.3) is 0 Å². The molecule has 0 aliphatic carbocycles. The standard InChI is InChI=1S/C15H14BrNO4S/c1-21-15(18)12-8-6-11(7-9-12)10-22(19,20)17-14-5-3-2-4-13(14)16/h2-9,17H,10H2,1H3. The van der Waals surface area contributed by atoms with Crippen molar-refractivity contribution in [3.05, 3.63) is 64.1 Å². The molecular weight excluding hydrogens is 370 g/mol. The van der Waals surface area contributed by atoms with Crippen molar-refractivity contribution in [2.24, 2.45) is 0 Å². The zero-order valence-electron chi connectivity index (χ0n) is 11.7. The minimum atomic E-state index is -3.55. The van der Waals surface area contributed by atoms with Gasteiger partial charge in [0.2, 0.25) is 10.0 Å². The Morgan fingerprint density at radius 2 is 1.77 bits per heavy atom. The van der Waals surface area contributed by atoms with Gasteiger partial charge in [-0.2, -0.15) is 0 Å². The Kier molecular flexibility index (Phi) is 5.20. The number of hydrogen-bond donors (Lipinski definition) is 1. The van der Waals surface area contributed by atoms with Crippen LogP contribution in [0.3, 0.4) is 0 Å². The van der Waals surface area contributed by atoms with Gasteiger partial charge in [-0.15, -0.1) is 0 Å². The minimum absolute atomic E-state index is 0.185. The molecular formula is C15H14BrNO4S. The molecule has 22 heavy (non-hydrogen) atoms. The van der Waals surface area contributed by atoms with Gasteiger partial charge in [0.05, 0.1) is 24.1 Å². The van der Waals surface area contributed by atoms with Crippen molar-refractivity contribution in [3.8, 4) is 0 Å². The molecule has 0 saturated heterocycles. The number of para-hydroxylation sites is 1. The molecule has 116 valence electrons. The summed E-state index contributed by atoms with van der Waals surface area (Å²) < 4.78 is 32.1. The van der Waals surface area contributed by atoms with Crippen LogP contribution in [0, 0.1) is 0 Å². The topological polar surface area (TPSA) is 72.5 Å². The third kappa shape index (κ3) is 4.32. The molecule has 0 fully saturated rings. The number of halogens is 1. The van der Waals surface area contributed by atoms with Crippen LogP contribution in [0.2, 0.25) is 0 Å². The highest BCUT2D eigenvalue weighted by Crippen LogP contribution is 2.23. The molecule has 2 aromatic carbocycles. The maximum absolute atomic E-state index is 12.2. The second-order valence-corrected chi connectivity index (χ2v) is 7.11. The third-order valence-electron chi connectivity index (χ3n) is 2.87. The Morgan fingerprint density at radius 1 is 1.14 bits per heavy atom. The highest BCUT2D eigenvalue weighted by Gasteiger charge is 2.14. The lowest BCUT2D eigenvalue weighted by Crippen LogP contribution is -2.15. The van der Waals surface area contributed by atoms with E-state index in [0.717, 1.165) is 0 Å². The first-order chi connectivity index (χ1) is 10.4. The van der Waals surface area contributed by atoms with Crippen molar-refractivity contribution in [2.75, 3.05) is 11.8 Å². The Labute approximate surface area is 137 Å². The number of hydrogen-bond acceptors (Lipinski definition) is 4. The fourth-order valence-electron chi connectivity index (χ4n) is 1.82. The molecule has 0 aromatic heterocycles. The number of anilines is 1. The molecule has 0 unspecified atom stereocenters. The number of benzene rings is 2. The molecule has 0 radical (unpaired) electrons. The Balaban J connectivity index is 2.12. The fourth-order valence-corrected chi connectivity index (χ4v) is 3.55. The molecule has 1 N–H and O–H groups in total. The smallest absolute Gasteiger partial charge is 0.337 e. The summed E-state index contributed by atoms with van der Waals surface area (Å²) in [5.41, 5.74) is 1.43. The van der Waals surface area contributed by atoms with E-state index in [1.54, 1.807) is 36.4 Å². The Bertz CT molecular complexity index is 772. The zero-order chi connectivity index (χ0) is 16.2. The van der Waals surface area contributed by atoms with E-state index in [0.29, 0.717) is 21.3 Å². The highest BCUT2D eigenvalue weighted by atomic mass is 79.9. The maximum Gasteiger partial charge on any atom is 0.337 e. The van der Waals surface area contributed by atoms with Gasteiger partial charge in [-0.25, -0.2) is 13.2 Å². The number of ether oxygens (including phenoxy) is 1. The van der Waals surface area contributed by atoms with Crippen LogP contribution in [-0.2, 0) is 20.5 Å². The molecule has 2 aromatic rings. The van der Waals surface area contributed by atoms with Crippen molar-refractivity contribution in [2.45, 2.75) is 5.75 Å². The molecule has 0 aliphatic rings. The first-order valence-corrected chi connectivity index (χ1v) is 8.78. The van der Waals surface area contributed by atoms with Crippen molar-refractivity contribution in [3.63, 3.8) is 0 Å². The molecule has 0 bridgehead atoms. The molecule has 0 heterocycles. The highest BCUT2D eigenvalue weighted by molar-refractivity contribution is 9.10. The molecule has 5 nitrogen and oxygen atoms in total. The largest absolute Gasteiger partial charge is 0.465 e. The van der Waals surface area contributed by atoms with Crippen molar-refractivity contribution >= 4 is 37.6 Å². The number of sulfonamides is 1. The summed E-state index contributed by atoms with van der Waals surface area (Å²) in [5, 5.41) is 0. The van der Waals surface area contributed by atoms with Crippen LogP contribution in [0.15, 0.2) is 53.0 Å². The van der Waals surface area contributed by atoms with E-state index in [1.165, 1.54) is 19.2 Å². The van der Waals surface area contributed by atoms with Crippen LogP contribution >= 0.6 is 15.9 Å². The summed E-state index contributed by atoms with van der Waals surface area (Å²) in [6, 6.07) is 13.2. The quantitative estimate of drug-likeness (QED) is 0.804. The maximum atomic E-state index is 12.2. The van der Waals surface area contributed by atoms with Crippen molar-refractivity contribution < 1.29 is 17.9 Å². The van der Waals surface area contributed by atoms with E-state index >= 15 is 0 Å². The molecule has 0 spiro atoms. The number of rotatable bonds is 5. The average molecular weight is 384 g/mol. The minimum Gasteiger partial charge on any atom is -0.465 e. The fraction of sp³-hybridized carbons (Fsp3) is 0.133. The second kappa shape index (κ2) is 6.93. The molecule has 0 amide bonds. The monoisotopic (exact) mass is 383 g/mol. The first-order valence-electron chi connectivity index (χ1n) is 6.33. The van der Waals surface area contributed by atoms with Gasteiger partial charge in [0.15, 0.2) is 0 Å². The summed E-state index contributed by atoms with van der Waals surface area (Å²) in [4.78, 5) is 11.3. The Morgan fingerprint density at radius 3 is 2.36 bits per heavy atom. The summed E-state index contributed by atoms with van der Waals surface area (Å²) >= 11 is 3.29. The first kappa shape index (κ1) is 16.5. The van der Waals surface area contributed by atoms with Crippen LogP contribution in [0.5, 0.6) is 0 Å². The van der Waals surface area contributed by atoms with Gasteiger partial charge in [-0.3, -0.25) is 4.72 Å². The Hall–Kier alpha value is -1.86. The van der Waals surface area contributed by atoms with Crippen LogP contribution in [0.25, 0.3) is 0 Å². The molecule has 0 atom stereocenters. The summed E-state index contributed by atoms with van der Waals surface area (Å²) in [6.45, 7) is 0. The van der Waals surface area contributed by atoms with Gasteiger partial charge >= 0.3 is 5.97 Å². The lowest BCUT2D eigenvalue weighted by atomic mass is 10.1. The number of nitrogens with one attached hydrogen (secondary N) is 1. The van der Waals surface area contributed by atoms with Gasteiger partial charge in [-0.1, -0.05) is 24.3 Å². The number of carbonyl (C=O) groups excluding carboxylic acids is 1. The molecule has 0 saturated carbocycles. The average Bonchev–Trinajstić information content (AvgIpc) is 2.49. The summed E-state index contributed by atoms with van der Waals surface area (Å²) in [6.07, 6.45) is 0. The number of methoxy groups -OCH3 is 1. The normalized spacial score (nSPS) is 11.0. The van der Waals surface area contributed by atoms with Gasteiger partial charge < -0.3 is 4.74 Å².